The summed E-state index contributed by atoms with van der Waals surface area (Å²) in [6.45, 7) is 1.21. The zero-order valence-electron chi connectivity index (χ0n) is 10.7. The smallest absolute Gasteiger partial charge is 0.242 e. The summed E-state index contributed by atoms with van der Waals surface area (Å²) in [5.74, 6) is -0.882. The molecule has 3 N–H and O–H groups in total. The first-order valence-electron chi connectivity index (χ1n) is 6.24. The summed E-state index contributed by atoms with van der Waals surface area (Å²) in [6.07, 6.45) is 1.43. The van der Waals surface area contributed by atoms with Crippen LogP contribution in [0.4, 0.5) is 4.39 Å². The van der Waals surface area contributed by atoms with Crippen LogP contribution in [0.2, 0.25) is 0 Å². The van der Waals surface area contributed by atoms with Crippen LogP contribution in [0.3, 0.4) is 0 Å². The van der Waals surface area contributed by atoms with Gasteiger partial charge in [-0.15, -0.1) is 0 Å². The van der Waals surface area contributed by atoms with Crippen LogP contribution in [0.5, 0.6) is 0 Å². The molecule has 1 saturated heterocycles. The third-order valence-electron chi connectivity index (χ3n) is 2.79. The van der Waals surface area contributed by atoms with Gasteiger partial charge in [0.1, 0.15) is 5.82 Å². The topological polar surface area (TPSA) is 82.6 Å². The Morgan fingerprint density at radius 1 is 1.40 bits per heavy atom. The minimum atomic E-state index is -0.523. The molecule has 0 spiro atoms. The molecule has 1 atom stereocenters. The quantitative estimate of drug-likeness (QED) is 0.525. The molecule has 1 aliphatic heterocycles. The maximum absolute atomic E-state index is 12.7. The minimum absolute atomic E-state index is 0.0204. The van der Waals surface area contributed by atoms with E-state index in [0.29, 0.717) is 18.7 Å². The van der Waals surface area contributed by atoms with Crippen molar-refractivity contribution < 1.29 is 14.0 Å². The summed E-state index contributed by atoms with van der Waals surface area (Å²) in [7, 11) is 0. The van der Waals surface area contributed by atoms with E-state index in [0.717, 1.165) is 0 Å². The molecule has 0 bridgehead atoms. The van der Waals surface area contributed by atoms with Crippen LogP contribution in [0.15, 0.2) is 29.4 Å². The van der Waals surface area contributed by atoms with Crippen molar-refractivity contribution in [3.63, 3.8) is 0 Å². The van der Waals surface area contributed by atoms with Crippen molar-refractivity contribution in [3.05, 3.63) is 35.6 Å². The highest BCUT2D eigenvalue weighted by molar-refractivity contribution is 5.89. The Hall–Kier alpha value is -2.28. The van der Waals surface area contributed by atoms with Gasteiger partial charge in [-0.3, -0.25) is 9.59 Å². The second-order valence-corrected chi connectivity index (χ2v) is 4.35. The Morgan fingerprint density at radius 2 is 2.15 bits per heavy atom. The zero-order valence-corrected chi connectivity index (χ0v) is 10.7. The first-order chi connectivity index (χ1) is 9.65. The highest BCUT2D eigenvalue weighted by atomic mass is 19.1. The summed E-state index contributed by atoms with van der Waals surface area (Å²) in [4.78, 5) is 23.0. The van der Waals surface area contributed by atoms with Crippen molar-refractivity contribution in [1.29, 1.82) is 0 Å². The number of hydrogen-bond acceptors (Lipinski definition) is 4. The number of hydrazone groups is 1. The second-order valence-electron chi connectivity index (χ2n) is 4.35. The molecular weight excluding hydrogens is 263 g/mol. The van der Waals surface area contributed by atoms with E-state index in [9.17, 15) is 14.0 Å². The van der Waals surface area contributed by atoms with Gasteiger partial charge in [0.05, 0.1) is 18.7 Å². The maximum Gasteiger partial charge on any atom is 0.242 e. The normalized spacial score (nSPS) is 18.9. The standard InChI is InChI=1S/C13H15FN4O2/c14-10-3-1-9(2-4-10)8-17-18-12(19)7-11-13(20)16-6-5-15-11/h1-4,8,11,15H,5-7H2,(H,16,20)(H,18,19)/t11-/m1/s1. The average molecular weight is 278 g/mol. The van der Waals surface area contributed by atoms with Gasteiger partial charge >= 0.3 is 0 Å². The van der Waals surface area contributed by atoms with Crippen LogP contribution in [-0.2, 0) is 9.59 Å². The first kappa shape index (κ1) is 14.1. The highest BCUT2D eigenvalue weighted by Gasteiger charge is 2.23. The molecular formula is C13H15FN4O2. The van der Waals surface area contributed by atoms with Crippen molar-refractivity contribution in [1.82, 2.24) is 16.1 Å². The van der Waals surface area contributed by atoms with Gasteiger partial charge in [0.2, 0.25) is 11.8 Å². The largest absolute Gasteiger partial charge is 0.353 e. The lowest BCUT2D eigenvalue weighted by atomic mass is 10.1. The average Bonchev–Trinajstić information content (AvgIpc) is 2.44. The molecule has 0 aromatic heterocycles. The second kappa shape index (κ2) is 6.76. The molecule has 1 fully saturated rings. The number of rotatable bonds is 4. The molecule has 0 unspecified atom stereocenters. The monoisotopic (exact) mass is 278 g/mol. The minimum Gasteiger partial charge on any atom is -0.353 e. The van der Waals surface area contributed by atoms with E-state index in [1.54, 1.807) is 12.1 Å². The number of carbonyl (C=O) groups excluding carboxylic acids is 2. The molecule has 2 amide bonds. The molecule has 1 heterocycles. The predicted octanol–water partition coefficient (Wildman–Crippen LogP) is -0.246. The Morgan fingerprint density at radius 3 is 2.85 bits per heavy atom. The van der Waals surface area contributed by atoms with Crippen molar-refractivity contribution >= 4 is 18.0 Å². The van der Waals surface area contributed by atoms with Gasteiger partial charge in [0.15, 0.2) is 0 Å². The molecule has 7 heteroatoms. The molecule has 6 nitrogen and oxygen atoms in total. The lowest BCUT2D eigenvalue weighted by molar-refractivity contribution is -0.129. The number of carbonyl (C=O) groups is 2. The molecule has 2 rings (SSSR count). The van der Waals surface area contributed by atoms with Gasteiger partial charge < -0.3 is 10.6 Å². The Bertz CT molecular complexity index is 516. The van der Waals surface area contributed by atoms with Crippen LogP contribution < -0.4 is 16.1 Å². The van der Waals surface area contributed by atoms with Crippen molar-refractivity contribution in [2.45, 2.75) is 12.5 Å². The van der Waals surface area contributed by atoms with Crippen LogP contribution in [-0.4, -0.2) is 37.2 Å². The lowest BCUT2D eigenvalue weighted by Crippen LogP contribution is -2.54. The number of hydrogen-bond donors (Lipinski definition) is 3. The van der Waals surface area contributed by atoms with E-state index in [1.165, 1.54) is 18.3 Å². The first-order valence-corrected chi connectivity index (χ1v) is 6.24. The van der Waals surface area contributed by atoms with Crippen LogP contribution in [0.1, 0.15) is 12.0 Å². The zero-order chi connectivity index (χ0) is 14.4. The maximum atomic E-state index is 12.7. The summed E-state index contributed by atoms with van der Waals surface area (Å²) < 4.78 is 12.7. The van der Waals surface area contributed by atoms with E-state index in [-0.39, 0.29) is 24.1 Å². The molecule has 0 radical (unpaired) electrons. The van der Waals surface area contributed by atoms with Gasteiger partial charge in [-0.25, -0.2) is 9.82 Å². The molecule has 106 valence electrons. The number of halogens is 1. The third-order valence-corrected chi connectivity index (χ3v) is 2.79. The number of nitrogens with zero attached hydrogens (tertiary/aromatic N) is 1. The van der Waals surface area contributed by atoms with Gasteiger partial charge in [0.25, 0.3) is 0 Å². The Labute approximate surface area is 115 Å². The van der Waals surface area contributed by atoms with Gasteiger partial charge in [-0.1, -0.05) is 12.1 Å². The number of piperazine rings is 1. The molecule has 1 aromatic rings. The van der Waals surface area contributed by atoms with Crippen LogP contribution >= 0.6 is 0 Å². The number of benzene rings is 1. The molecule has 20 heavy (non-hydrogen) atoms. The fourth-order valence-electron chi connectivity index (χ4n) is 1.77. The van der Waals surface area contributed by atoms with Crippen LogP contribution in [0, 0.1) is 5.82 Å². The highest BCUT2D eigenvalue weighted by Crippen LogP contribution is 2.00. The summed E-state index contributed by atoms with van der Waals surface area (Å²) in [5.41, 5.74) is 3.00. The van der Waals surface area contributed by atoms with E-state index < -0.39 is 6.04 Å². The number of nitrogens with one attached hydrogen (secondary N) is 3. The lowest BCUT2D eigenvalue weighted by Gasteiger charge is -2.22. The van der Waals surface area contributed by atoms with Crippen molar-refractivity contribution in [2.24, 2.45) is 5.10 Å². The van der Waals surface area contributed by atoms with Crippen LogP contribution in [0.25, 0.3) is 0 Å². The van der Waals surface area contributed by atoms with E-state index >= 15 is 0 Å². The fourth-order valence-corrected chi connectivity index (χ4v) is 1.77. The molecule has 1 aliphatic rings. The van der Waals surface area contributed by atoms with Gasteiger partial charge in [-0.2, -0.15) is 5.10 Å². The van der Waals surface area contributed by atoms with Crippen molar-refractivity contribution in [3.8, 4) is 0 Å². The summed E-state index contributed by atoms with van der Waals surface area (Å²) >= 11 is 0. The van der Waals surface area contributed by atoms with E-state index in [2.05, 4.69) is 21.2 Å². The SMILES string of the molecule is O=C(C[C@H]1NCCNC1=O)NN=Cc1ccc(F)cc1. The molecule has 1 aromatic carbocycles. The van der Waals surface area contributed by atoms with Gasteiger partial charge in [-0.05, 0) is 17.7 Å². The third kappa shape index (κ3) is 4.13. The summed E-state index contributed by atoms with van der Waals surface area (Å²) in [5, 5.41) is 9.37. The fraction of sp³-hybridized carbons (Fsp3) is 0.308. The van der Waals surface area contributed by atoms with E-state index in [4.69, 9.17) is 0 Å². The molecule has 0 aliphatic carbocycles. The Balaban J connectivity index is 1.79. The Kier molecular flexibility index (Phi) is 4.78. The van der Waals surface area contributed by atoms with E-state index in [1.807, 2.05) is 0 Å². The number of amides is 2. The molecule has 0 saturated carbocycles. The van der Waals surface area contributed by atoms with Crippen molar-refractivity contribution in [2.75, 3.05) is 13.1 Å². The van der Waals surface area contributed by atoms with Gasteiger partial charge in [0, 0.05) is 13.1 Å². The summed E-state index contributed by atoms with van der Waals surface area (Å²) in [6, 6.07) is 5.17. The predicted molar refractivity (Wildman–Crippen MR) is 71.6 cm³/mol.